The molecule has 198 valence electrons. The van der Waals surface area contributed by atoms with Crippen LogP contribution >= 0.6 is 0 Å². The lowest BCUT2D eigenvalue weighted by molar-refractivity contribution is -0.144. The first kappa shape index (κ1) is 24.6. The number of aliphatic hydroxyl groups is 1. The second kappa shape index (κ2) is 8.92. The number of nitrogens with zero attached hydrogens (tertiary/aromatic N) is 3. The lowest BCUT2D eigenvalue weighted by Gasteiger charge is -2.55. The van der Waals surface area contributed by atoms with Crippen molar-refractivity contribution in [2.24, 2.45) is 5.41 Å². The van der Waals surface area contributed by atoms with E-state index in [4.69, 9.17) is 9.47 Å². The maximum absolute atomic E-state index is 13.8. The summed E-state index contributed by atoms with van der Waals surface area (Å²) in [5.41, 5.74) is 4.04. The van der Waals surface area contributed by atoms with Crippen LogP contribution < -0.4 is 0 Å². The molecule has 1 aromatic rings. The van der Waals surface area contributed by atoms with Gasteiger partial charge in [-0.3, -0.25) is 9.69 Å². The van der Waals surface area contributed by atoms with Crippen LogP contribution in [-0.2, 0) is 25.7 Å². The summed E-state index contributed by atoms with van der Waals surface area (Å²) in [7, 11) is 0. The van der Waals surface area contributed by atoms with E-state index in [2.05, 4.69) is 16.7 Å². The number of carbonyl (C=O) groups is 3. The molecule has 37 heavy (non-hydrogen) atoms. The van der Waals surface area contributed by atoms with Gasteiger partial charge < -0.3 is 24.4 Å². The number of esters is 2. The molecule has 0 aliphatic carbocycles. The van der Waals surface area contributed by atoms with Gasteiger partial charge in [0.15, 0.2) is 0 Å². The molecule has 0 unspecified atom stereocenters. The second-order valence-electron chi connectivity index (χ2n) is 11.3. The van der Waals surface area contributed by atoms with Gasteiger partial charge in [0, 0.05) is 43.8 Å². The van der Waals surface area contributed by atoms with Crippen molar-refractivity contribution >= 4 is 17.8 Å². The van der Waals surface area contributed by atoms with Gasteiger partial charge >= 0.3 is 11.9 Å². The first-order valence-electron chi connectivity index (χ1n) is 13.4. The summed E-state index contributed by atoms with van der Waals surface area (Å²) in [6, 6.07) is 3.93. The first-order chi connectivity index (χ1) is 17.7. The van der Waals surface area contributed by atoms with Crippen LogP contribution in [-0.4, -0.2) is 89.1 Å². The van der Waals surface area contributed by atoms with Gasteiger partial charge in [-0.15, -0.1) is 0 Å². The Balaban J connectivity index is 1.23. The molecule has 2 bridgehead atoms. The molecule has 3 saturated heterocycles. The van der Waals surface area contributed by atoms with Crippen molar-refractivity contribution in [2.45, 2.75) is 64.8 Å². The van der Waals surface area contributed by atoms with E-state index in [1.807, 2.05) is 13.0 Å². The number of likely N-dealkylation sites (tertiary alicyclic amines) is 2. The molecule has 6 rings (SSSR count). The third-order valence-corrected chi connectivity index (χ3v) is 9.44. The fraction of sp³-hybridized carbons (Fsp3) is 0.607. The van der Waals surface area contributed by atoms with Gasteiger partial charge in [-0.25, -0.2) is 9.59 Å². The Hall–Kier alpha value is -2.75. The second-order valence-corrected chi connectivity index (χ2v) is 11.3. The average molecular weight is 510 g/mol. The highest BCUT2D eigenvalue weighted by atomic mass is 16.5. The van der Waals surface area contributed by atoms with Crippen LogP contribution in [0.2, 0.25) is 0 Å². The topological polar surface area (TPSA) is 99.6 Å². The summed E-state index contributed by atoms with van der Waals surface area (Å²) in [6.45, 7) is 10.1. The minimum Gasteiger partial charge on any atom is -0.457 e. The Bertz CT molecular complexity index is 1190. The van der Waals surface area contributed by atoms with Crippen LogP contribution in [0.4, 0.5) is 0 Å². The number of rotatable bonds is 5. The number of piperazine rings is 1. The zero-order valence-electron chi connectivity index (χ0n) is 21.8. The van der Waals surface area contributed by atoms with Gasteiger partial charge in [-0.05, 0) is 56.8 Å². The summed E-state index contributed by atoms with van der Waals surface area (Å²) < 4.78 is 10.4. The number of ether oxygens (including phenoxy) is 2. The number of fused-ring (bicyclic) bond motifs is 3. The van der Waals surface area contributed by atoms with Gasteiger partial charge in [0.25, 0.3) is 0 Å². The fourth-order valence-corrected chi connectivity index (χ4v) is 7.32. The largest absolute Gasteiger partial charge is 0.457 e. The molecule has 5 heterocycles. The van der Waals surface area contributed by atoms with Gasteiger partial charge in [-0.1, -0.05) is 13.0 Å². The van der Waals surface area contributed by atoms with Crippen LogP contribution in [0.15, 0.2) is 23.4 Å². The van der Waals surface area contributed by atoms with Crippen molar-refractivity contribution in [3.8, 4) is 0 Å². The fourth-order valence-electron chi connectivity index (χ4n) is 7.32. The minimum atomic E-state index is -0.696. The zero-order valence-corrected chi connectivity index (χ0v) is 21.8. The first-order valence-corrected chi connectivity index (χ1v) is 13.4. The summed E-state index contributed by atoms with van der Waals surface area (Å²) in [6.07, 6.45) is 1.58. The van der Waals surface area contributed by atoms with E-state index < -0.39 is 11.5 Å². The number of piperidine rings is 1. The Labute approximate surface area is 217 Å². The lowest BCUT2D eigenvalue weighted by atomic mass is 9.69. The van der Waals surface area contributed by atoms with Crippen molar-refractivity contribution in [1.29, 1.82) is 0 Å². The van der Waals surface area contributed by atoms with E-state index in [0.29, 0.717) is 24.2 Å². The van der Waals surface area contributed by atoms with E-state index in [1.165, 1.54) is 0 Å². The van der Waals surface area contributed by atoms with E-state index in [0.717, 1.165) is 61.3 Å². The average Bonchev–Trinajstić information content (AvgIpc) is 3.51. The monoisotopic (exact) mass is 509 g/mol. The molecule has 9 heteroatoms. The quantitative estimate of drug-likeness (QED) is 0.601. The molecule has 0 aromatic heterocycles. The van der Waals surface area contributed by atoms with Crippen LogP contribution in [0.5, 0.6) is 0 Å². The number of cyclic esters (lactones) is 2. The number of carbonyl (C=O) groups excluding carboxylic acids is 3. The molecule has 1 spiro atoms. The molecule has 5 aliphatic heterocycles. The lowest BCUT2D eigenvalue weighted by Crippen LogP contribution is -2.65. The normalized spacial score (nSPS) is 30.8. The zero-order chi connectivity index (χ0) is 26.1. The molecule has 0 radical (unpaired) electrons. The van der Waals surface area contributed by atoms with Crippen LogP contribution in [0.3, 0.4) is 0 Å². The summed E-state index contributed by atoms with van der Waals surface area (Å²) in [5, 5.41) is 11.4. The number of benzene rings is 1. The molecule has 4 atom stereocenters. The molecule has 5 aliphatic rings. The highest BCUT2D eigenvalue weighted by Gasteiger charge is 2.56. The number of amides is 1. The molecule has 1 aromatic carbocycles. The highest BCUT2D eigenvalue weighted by molar-refractivity contribution is 5.94. The van der Waals surface area contributed by atoms with E-state index in [-0.39, 0.29) is 43.1 Å². The van der Waals surface area contributed by atoms with Gasteiger partial charge in [0.05, 0.1) is 28.4 Å². The number of hydrogen-bond donors (Lipinski definition) is 1. The number of hydrogen-bond acceptors (Lipinski definition) is 8. The smallest absolute Gasteiger partial charge is 0.338 e. The maximum atomic E-state index is 13.8. The predicted octanol–water partition coefficient (Wildman–Crippen LogP) is 1.92. The molecule has 1 amide bonds. The third-order valence-electron chi connectivity index (χ3n) is 9.44. The Morgan fingerprint density at radius 1 is 1.05 bits per heavy atom. The van der Waals surface area contributed by atoms with Crippen molar-refractivity contribution in [1.82, 2.24) is 14.7 Å². The molecule has 1 N–H and O–H groups in total. The molecule has 9 nitrogen and oxygen atoms in total. The third kappa shape index (κ3) is 3.82. The highest BCUT2D eigenvalue weighted by Crippen LogP contribution is 2.49. The van der Waals surface area contributed by atoms with Gasteiger partial charge in [0.2, 0.25) is 5.91 Å². The summed E-state index contributed by atoms with van der Waals surface area (Å²) >= 11 is 0. The molecule has 0 saturated carbocycles. The number of aliphatic hydroxyl groups excluding tert-OH is 1. The van der Waals surface area contributed by atoms with E-state index >= 15 is 0 Å². The maximum Gasteiger partial charge on any atom is 0.338 e. The Morgan fingerprint density at radius 2 is 1.76 bits per heavy atom. The van der Waals surface area contributed by atoms with E-state index in [1.54, 1.807) is 17.9 Å². The van der Waals surface area contributed by atoms with Crippen LogP contribution in [0.25, 0.3) is 0 Å². The van der Waals surface area contributed by atoms with E-state index in [9.17, 15) is 19.5 Å². The predicted molar refractivity (Wildman–Crippen MR) is 133 cm³/mol. The SMILES string of the molecule is CCN1C[C@@H]2C[C@]3(CCN(C4=C(C)C(=O)OC4)C3=O)C[C@H](C1)N2C[C@H](O)c1ccc2c(c1C)COC2=O. The van der Waals surface area contributed by atoms with Crippen molar-refractivity contribution < 1.29 is 29.0 Å². The van der Waals surface area contributed by atoms with Crippen molar-refractivity contribution in [2.75, 3.05) is 39.3 Å². The summed E-state index contributed by atoms with van der Waals surface area (Å²) in [4.78, 5) is 44.4. The minimum absolute atomic E-state index is 0.124. The van der Waals surface area contributed by atoms with Crippen LogP contribution in [0, 0.1) is 12.3 Å². The van der Waals surface area contributed by atoms with Crippen molar-refractivity contribution in [3.63, 3.8) is 0 Å². The molecule has 3 fully saturated rings. The van der Waals surface area contributed by atoms with Gasteiger partial charge in [-0.2, -0.15) is 0 Å². The Morgan fingerprint density at radius 3 is 2.41 bits per heavy atom. The van der Waals surface area contributed by atoms with Gasteiger partial charge in [0.1, 0.15) is 13.2 Å². The Kier molecular flexibility index (Phi) is 5.93. The molecular weight excluding hydrogens is 474 g/mol. The van der Waals surface area contributed by atoms with Crippen LogP contribution in [0.1, 0.15) is 66.3 Å². The number of likely N-dealkylation sites (N-methyl/N-ethyl adjacent to an activating group) is 1. The van der Waals surface area contributed by atoms with Crippen molar-refractivity contribution in [3.05, 3.63) is 45.7 Å². The molecular formula is C28H35N3O6. The summed E-state index contributed by atoms with van der Waals surface area (Å²) in [5.74, 6) is -0.510. The standard InChI is InChI=1S/C28H35N3O6/c1-4-29-11-18-9-28(7-8-30(27(28)35)23-15-37-25(33)17(23)3)10-19(12-29)31(18)13-24(32)20-5-6-21-22(16(20)2)14-36-26(21)34/h5-6,18-19,24,32H,4,7-15H2,1-3H3/t18-,19+,24-,28+/m0/s1.